The zero-order valence-corrected chi connectivity index (χ0v) is 12.5. The second-order valence-electron chi connectivity index (χ2n) is 6.15. The van der Waals surface area contributed by atoms with Crippen molar-refractivity contribution in [3.63, 3.8) is 0 Å². The molecule has 21 heavy (non-hydrogen) atoms. The van der Waals surface area contributed by atoms with Gasteiger partial charge in [-0.3, -0.25) is 0 Å². The van der Waals surface area contributed by atoms with Crippen LogP contribution in [0.5, 0.6) is 5.75 Å². The third-order valence-electron chi connectivity index (χ3n) is 3.88. The lowest BCUT2D eigenvalue weighted by molar-refractivity contribution is 0.0443. The zero-order chi connectivity index (χ0) is 15.5. The van der Waals surface area contributed by atoms with Gasteiger partial charge in [0.05, 0.1) is 6.61 Å². The summed E-state index contributed by atoms with van der Waals surface area (Å²) in [4.78, 5) is 0. The lowest BCUT2D eigenvalue weighted by Crippen LogP contribution is -2.55. The van der Waals surface area contributed by atoms with Crippen molar-refractivity contribution in [2.24, 2.45) is 0 Å². The summed E-state index contributed by atoms with van der Waals surface area (Å²) in [5, 5.41) is 13.1. The Balaban J connectivity index is 2.06. The van der Waals surface area contributed by atoms with E-state index >= 15 is 0 Å². The molecule has 1 aromatic carbocycles. The summed E-state index contributed by atoms with van der Waals surface area (Å²) in [6.45, 7) is 4.08. The van der Waals surface area contributed by atoms with Crippen molar-refractivity contribution in [3.8, 4) is 5.75 Å². The van der Waals surface area contributed by atoms with Crippen LogP contribution >= 0.6 is 0 Å². The summed E-state index contributed by atoms with van der Waals surface area (Å²) in [6.07, 6.45) is 3.00. The van der Waals surface area contributed by atoms with Gasteiger partial charge in [0.25, 0.3) is 0 Å². The number of hydrogen-bond donors (Lipinski definition) is 2. The van der Waals surface area contributed by atoms with Gasteiger partial charge in [-0.25, -0.2) is 8.78 Å². The molecule has 2 rings (SSSR count). The Hall–Kier alpha value is -1.20. The molecule has 0 radical (unpaired) electrons. The number of aliphatic hydroxyl groups is 1. The molecule has 0 saturated heterocycles. The van der Waals surface area contributed by atoms with Gasteiger partial charge in [-0.15, -0.1) is 0 Å². The van der Waals surface area contributed by atoms with E-state index in [1.54, 1.807) is 0 Å². The molecule has 1 fully saturated rings. The first-order valence-electron chi connectivity index (χ1n) is 7.44. The monoisotopic (exact) mass is 299 g/mol. The van der Waals surface area contributed by atoms with E-state index < -0.39 is 11.6 Å². The molecule has 2 unspecified atom stereocenters. The highest BCUT2D eigenvalue weighted by Gasteiger charge is 2.37. The fourth-order valence-electron chi connectivity index (χ4n) is 3.09. The number of benzene rings is 1. The molecule has 0 heterocycles. The number of hydrogen-bond acceptors (Lipinski definition) is 3. The van der Waals surface area contributed by atoms with Crippen LogP contribution in [0.2, 0.25) is 0 Å². The molecule has 0 amide bonds. The molecule has 3 nitrogen and oxygen atoms in total. The molecule has 1 aromatic rings. The van der Waals surface area contributed by atoms with Gasteiger partial charge >= 0.3 is 0 Å². The molecule has 0 aromatic heterocycles. The molecule has 1 saturated carbocycles. The fraction of sp³-hybridized carbons (Fsp3) is 0.625. The quantitative estimate of drug-likeness (QED) is 0.878. The third kappa shape index (κ3) is 4.14. The van der Waals surface area contributed by atoms with Crippen molar-refractivity contribution < 1.29 is 18.6 Å². The average Bonchev–Trinajstić information content (AvgIpc) is 2.41. The largest absolute Gasteiger partial charge is 0.487 e. The molecule has 2 atom stereocenters. The van der Waals surface area contributed by atoms with Crippen LogP contribution in [-0.2, 0) is 0 Å². The Bertz CT molecular complexity index is 481. The minimum atomic E-state index is -0.688. The Labute approximate surface area is 124 Å². The molecule has 2 N–H and O–H groups in total. The molecular formula is C16H23F2NO2. The van der Waals surface area contributed by atoms with E-state index in [9.17, 15) is 13.9 Å². The number of nitrogens with one attached hydrogen (secondary N) is 1. The first-order valence-corrected chi connectivity index (χ1v) is 7.44. The summed E-state index contributed by atoms with van der Waals surface area (Å²) in [5.74, 6) is -1.23. The van der Waals surface area contributed by atoms with E-state index in [0.29, 0.717) is 6.42 Å². The maximum absolute atomic E-state index is 13.7. The molecule has 5 heteroatoms. The number of ether oxygens (including phenoxy) is 1. The second kappa shape index (κ2) is 6.71. The van der Waals surface area contributed by atoms with E-state index in [1.165, 1.54) is 12.1 Å². The summed E-state index contributed by atoms with van der Waals surface area (Å²) >= 11 is 0. The fourth-order valence-corrected chi connectivity index (χ4v) is 3.09. The Morgan fingerprint density at radius 1 is 1.43 bits per heavy atom. The van der Waals surface area contributed by atoms with Crippen LogP contribution in [-0.4, -0.2) is 29.4 Å². The van der Waals surface area contributed by atoms with Gasteiger partial charge in [0, 0.05) is 24.1 Å². The standard InChI is InChI=1S/C16H23F2NO2/c1-11(2)19-16(10-20)7-3-4-13(9-16)21-15-6-5-12(17)8-14(15)18/h5-6,8,11,13,19-20H,3-4,7,9-10H2,1-2H3. The van der Waals surface area contributed by atoms with Crippen molar-refractivity contribution >= 4 is 0 Å². The molecule has 0 aliphatic heterocycles. The van der Waals surface area contributed by atoms with Crippen molar-refractivity contribution in [2.45, 2.75) is 57.2 Å². The normalized spacial score (nSPS) is 26.1. The van der Waals surface area contributed by atoms with Gasteiger partial charge in [-0.05, 0) is 31.4 Å². The van der Waals surface area contributed by atoms with Gasteiger partial charge in [-0.2, -0.15) is 0 Å². The second-order valence-corrected chi connectivity index (χ2v) is 6.15. The topological polar surface area (TPSA) is 41.5 Å². The van der Waals surface area contributed by atoms with Crippen LogP contribution in [0.25, 0.3) is 0 Å². The molecular weight excluding hydrogens is 276 g/mol. The minimum absolute atomic E-state index is 0.0247. The highest BCUT2D eigenvalue weighted by atomic mass is 19.1. The minimum Gasteiger partial charge on any atom is -0.487 e. The van der Waals surface area contributed by atoms with Crippen molar-refractivity contribution in [2.75, 3.05) is 6.61 Å². The van der Waals surface area contributed by atoms with Gasteiger partial charge in [0.2, 0.25) is 0 Å². The Morgan fingerprint density at radius 3 is 2.81 bits per heavy atom. The molecule has 1 aliphatic carbocycles. The predicted molar refractivity (Wildman–Crippen MR) is 77.3 cm³/mol. The summed E-state index contributed by atoms with van der Waals surface area (Å²) in [6, 6.07) is 3.57. The van der Waals surface area contributed by atoms with E-state index in [1.807, 2.05) is 13.8 Å². The lowest BCUT2D eigenvalue weighted by atomic mass is 9.80. The predicted octanol–water partition coefficient (Wildman–Crippen LogP) is 3.02. The average molecular weight is 299 g/mol. The van der Waals surface area contributed by atoms with E-state index in [2.05, 4.69) is 5.32 Å². The van der Waals surface area contributed by atoms with Gasteiger partial charge in [0.1, 0.15) is 11.9 Å². The molecule has 0 bridgehead atoms. The van der Waals surface area contributed by atoms with Gasteiger partial charge in [-0.1, -0.05) is 13.8 Å². The Kier molecular flexibility index (Phi) is 5.17. The van der Waals surface area contributed by atoms with Crippen LogP contribution in [0.15, 0.2) is 18.2 Å². The van der Waals surface area contributed by atoms with Crippen LogP contribution in [0.1, 0.15) is 39.5 Å². The van der Waals surface area contributed by atoms with E-state index in [0.717, 1.165) is 25.3 Å². The Morgan fingerprint density at radius 2 is 2.19 bits per heavy atom. The number of aliphatic hydroxyl groups excluding tert-OH is 1. The maximum Gasteiger partial charge on any atom is 0.167 e. The van der Waals surface area contributed by atoms with E-state index in [-0.39, 0.29) is 30.0 Å². The van der Waals surface area contributed by atoms with Gasteiger partial charge < -0.3 is 15.2 Å². The summed E-state index contributed by atoms with van der Waals surface area (Å²) in [5.41, 5.74) is -0.381. The van der Waals surface area contributed by atoms with Crippen molar-refractivity contribution in [1.29, 1.82) is 0 Å². The zero-order valence-electron chi connectivity index (χ0n) is 12.5. The maximum atomic E-state index is 13.7. The van der Waals surface area contributed by atoms with Gasteiger partial charge in [0.15, 0.2) is 11.6 Å². The van der Waals surface area contributed by atoms with Crippen LogP contribution in [0, 0.1) is 11.6 Å². The first-order chi connectivity index (χ1) is 9.94. The molecule has 118 valence electrons. The van der Waals surface area contributed by atoms with E-state index in [4.69, 9.17) is 4.74 Å². The third-order valence-corrected chi connectivity index (χ3v) is 3.88. The SMILES string of the molecule is CC(C)NC1(CO)CCCC(Oc2ccc(F)cc2F)C1. The summed E-state index contributed by atoms with van der Waals surface area (Å²) in [7, 11) is 0. The summed E-state index contributed by atoms with van der Waals surface area (Å²) < 4.78 is 32.3. The van der Waals surface area contributed by atoms with Crippen LogP contribution < -0.4 is 10.1 Å². The first kappa shape index (κ1) is 16.2. The van der Waals surface area contributed by atoms with Crippen molar-refractivity contribution in [3.05, 3.63) is 29.8 Å². The highest BCUT2D eigenvalue weighted by molar-refractivity contribution is 5.25. The number of rotatable bonds is 5. The molecule has 0 spiro atoms. The number of halogens is 2. The smallest absolute Gasteiger partial charge is 0.167 e. The van der Waals surface area contributed by atoms with Crippen molar-refractivity contribution in [1.82, 2.24) is 5.32 Å². The van der Waals surface area contributed by atoms with Crippen LogP contribution in [0.3, 0.4) is 0 Å². The van der Waals surface area contributed by atoms with Crippen LogP contribution in [0.4, 0.5) is 8.78 Å². The highest BCUT2D eigenvalue weighted by Crippen LogP contribution is 2.32. The molecule has 1 aliphatic rings. The lowest BCUT2D eigenvalue weighted by Gasteiger charge is -2.41.